The number of halogens is 1. The Morgan fingerprint density at radius 2 is 1.72 bits per heavy atom. The summed E-state index contributed by atoms with van der Waals surface area (Å²) in [6.45, 7) is 10.1. The number of hydrogen-bond acceptors (Lipinski definition) is 4. The summed E-state index contributed by atoms with van der Waals surface area (Å²) in [6.07, 6.45) is 3.33. The molecular weight excluding hydrogens is 459 g/mol. The van der Waals surface area contributed by atoms with E-state index in [2.05, 4.69) is 25.9 Å². The molecule has 36 heavy (non-hydrogen) atoms. The number of benzene rings is 2. The third kappa shape index (κ3) is 3.70. The number of hydrogen-bond donors (Lipinski definition) is 0. The highest BCUT2D eigenvalue weighted by molar-refractivity contribution is 5.88. The molecule has 0 saturated carbocycles. The number of rotatable bonds is 4. The Bertz CT molecular complexity index is 1690. The molecule has 0 fully saturated rings. The summed E-state index contributed by atoms with van der Waals surface area (Å²) in [7, 11) is 5.28. The van der Waals surface area contributed by atoms with E-state index in [-0.39, 0.29) is 23.0 Å². The molecule has 3 aromatic heterocycles. The fourth-order valence-electron chi connectivity index (χ4n) is 4.71. The van der Waals surface area contributed by atoms with Crippen molar-refractivity contribution in [3.05, 3.63) is 58.8 Å². The van der Waals surface area contributed by atoms with E-state index >= 15 is 4.39 Å². The Labute approximate surface area is 208 Å². The maximum Gasteiger partial charge on any atom is 0.328 e. The van der Waals surface area contributed by atoms with E-state index in [0.29, 0.717) is 33.4 Å². The molecule has 0 bridgehead atoms. The molecule has 0 aliphatic heterocycles. The van der Waals surface area contributed by atoms with Crippen molar-refractivity contribution in [1.29, 1.82) is 0 Å². The van der Waals surface area contributed by atoms with E-state index in [9.17, 15) is 4.79 Å². The largest absolute Gasteiger partial charge is 0.489 e. The van der Waals surface area contributed by atoms with E-state index in [1.807, 2.05) is 30.5 Å². The van der Waals surface area contributed by atoms with Crippen molar-refractivity contribution in [2.45, 2.75) is 46.1 Å². The molecule has 5 aromatic rings. The predicted octanol–water partition coefficient (Wildman–Crippen LogP) is 4.84. The number of ether oxygens (including phenoxy) is 1. The summed E-state index contributed by atoms with van der Waals surface area (Å²) in [4.78, 5) is 17.7. The van der Waals surface area contributed by atoms with Gasteiger partial charge in [0.1, 0.15) is 22.9 Å². The first-order chi connectivity index (χ1) is 16.9. The SMILES string of the molecule is CC(C)Oc1cc(-n2c(C(C)(C)C)nc3cc(-c4cnn(C)c4)c(F)cc32)cc2c1n(C)c(=O)n2C. The Morgan fingerprint density at radius 3 is 2.33 bits per heavy atom. The summed E-state index contributed by atoms with van der Waals surface area (Å²) in [6, 6.07) is 7.14. The maximum atomic E-state index is 15.5. The Hall–Kier alpha value is -3.88. The molecule has 0 N–H and O–H groups in total. The van der Waals surface area contributed by atoms with Crippen molar-refractivity contribution in [1.82, 2.24) is 28.5 Å². The smallest absolute Gasteiger partial charge is 0.328 e. The molecule has 8 nitrogen and oxygen atoms in total. The summed E-state index contributed by atoms with van der Waals surface area (Å²) in [5.74, 6) is 1.01. The summed E-state index contributed by atoms with van der Waals surface area (Å²) in [5, 5.41) is 4.18. The Morgan fingerprint density at radius 1 is 1.00 bits per heavy atom. The van der Waals surface area contributed by atoms with Crippen molar-refractivity contribution in [3.63, 3.8) is 0 Å². The van der Waals surface area contributed by atoms with E-state index in [1.165, 1.54) is 6.07 Å². The lowest BCUT2D eigenvalue weighted by molar-refractivity contribution is 0.244. The van der Waals surface area contributed by atoms with Crippen LogP contribution in [-0.2, 0) is 26.6 Å². The van der Waals surface area contributed by atoms with E-state index in [0.717, 1.165) is 17.0 Å². The summed E-state index contributed by atoms with van der Waals surface area (Å²) < 4.78 is 28.5. The molecule has 0 unspecified atom stereocenters. The molecule has 0 aliphatic rings. The molecule has 0 amide bonds. The number of nitrogens with zero attached hydrogens (tertiary/aromatic N) is 6. The van der Waals surface area contributed by atoms with Crippen LogP contribution in [0.1, 0.15) is 40.4 Å². The molecule has 0 atom stereocenters. The second-order valence-corrected chi connectivity index (χ2v) is 10.6. The van der Waals surface area contributed by atoms with Crippen molar-refractivity contribution in [3.8, 4) is 22.6 Å². The van der Waals surface area contributed by atoms with Gasteiger partial charge in [0.15, 0.2) is 0 Å². The lowest BCUT2D eigenvalue weighted by Gasteiger charge is -2.21. The maximum absolute atomic E-state index is 15.5. The fraction of sp³-hybridized carbons (Fsp3) is 0.370. The molecule has 0 radical (unpaired) electrons. The quantitative estimate of drug-likeness (QED) is 0.361. The second-order valence-electron chi connectivity index (χ2n) is 10.6. The number of aryl methyl sites for hydroxylation is 3. The van der Waals surface area contributed by atoms with Gasteiger partial charge in [-0.25, -0.2) is 14.2 Å². The molecule has 2 aromatic carbocycles. The first-order valence-corrected chi connectivity index (χ1v) is 11.9. The van der Waals surface area contributed by atoms with Gasteiger partial charge in [0, 0.05) is 56.0 Å². The van der Waals surface area contributed by atoms with Crippen molar-refractivity contribution >= 4 is 22.1 Å². The standard InChI is InChI=1S/C27H31FN6O2/c1-15(2)36-23-10-17(9-22-24(23)33(8)26(35)32(22)7)34-21-12-19(28)18(16-13-29-31(6)14-16)11-20(21)30-25(34)27(3,4)5/h9-15H,1-8H3. The lowest BCUT2D eigenvalue weighted by atomic mass is 9.95. The van der Waals surface area contributed by atoms with E-state index in [4.69, 9.17) is 9.72 Å². The van der Waals surface area contributed by atoms with Crippen LogP contribution in [0.15, 0.2) is 41.5 Å². The molecule has 9 heteroatoms. The van der Waals surface area contributed by atoms with Gasteiger partial charge in [0.05, 0.1) is 34.5 Å². The third-order valence-electron chi connectivity index (χ3n) is 6.36. The van der Waals surface area contributed by atoms with Gasteiger partial charge in [-0.05, 0) is 26.0 Å². The highest BCUT2D eigenvalue weighted by Crippen LogP contribution is 2.36. The van der Waals surface area contributed by atoms with E-state index < -0.39 is 0 Å². The topological polar surface area (TPSA) is 71.8 Å². The van der Waals surface area contributed by atoms with Crippen molar-refractivity contribution in [2.75, 3.05) is 0 Å². The van der Waals surface area contributed by atoms with Crippen molar-refractivity contribution in [2.24, 2.45) is 21.1 Å². The Balaban J connectivity index is 1.85. The number of fused-ring (bicyclic) bond motifs is 2. The zero-order valence-corrected chi connectivity index (χ0v) is 21.9. The average Bonchev–Trinajstić information content (AvgIpc) is 3.44. The van der Waals surface area contributed by atoms with Gasteiger partial charge in [-0.15, -0.1) is 0 Å². The van der Waals surface area contributed by atoms with Crippen LogP contribution in [0.4, 0.5) is 4.39 Å². The summed E-state index contributed by atoms with van der Waals surface area (Å²) >= 11 is 0. The van der Waals surface area contributed by atoms with Crippen LogP contribution in [-0.4, -0.2) is 34.6 Å². The molecule has 0 aliphatic carbocycles. The molecule has 188 valence electrons. The molecule has 0 saturated heterocycles. The normalized spacial score (nSPS) is 12.4. The van der Waals surface area contributed by atoms with Crippen LogP contribution in [0.2, 0.25) is 0 Å². The van der Waals surface area contributed by atoms with Gasteiger partial charge < -0.3 is 4.74 Å². The minimum absolute atomic E-state index is 0.0974. The van der Waals surface area contributed by atoms with Crippen LogP contribution in [0.3, 0.4) is 0 Å². The van der Waals surface area contributed by atoms with E-state index in [1.54, 1.807) is 53.4 Å². The summed E-state index contributed by atoms with van der Waals surface area (Å²) in [5.41, 5.74) is 4.16. The monoisotopic (exact) mass is 490 g/mol. The molecule has 0 spiro atoms. The van der Waals surface area contributed by atoms with Gasteiger partial charge in [-0.1, -0.05) is 20.8 Å². The second kappa shape index (κ2) is 8.08. The van der Waals surface area contributed by atoms with Crippen LogP contribution < -0.4 is 10.4 Å². The number of imidazole rings is 2. The molecular formula is C27H31FN6O2. The number of aromatic nitrogens is 6. The van der Waals surface area contributed by atoms with Crippen LogP contribution in [0.25, 0.3) is 38.9 Å². The van der Waals surface area contributed by atoms with Gasteiger partial charge in [-0.2, -0.15) is 5.10 Å². The average molecular weight is 491 g/mol. The third-order valence-corrected chi connectivity index (χ3v) is 6.36. The molecule has 5 rings (SSSR count). The lowest BCUT2D eigenvalue weighted by Crippen LogP contribution is -2.19. The van der Waals surface area contributed by atoms with Crippen LogP contribution >= 0.6 is 0 Å². The van der Waals surface area contributed by atoms with Gasteiger partial charge >= 0.3 is 5.69 Å². The van der Waals surface area contributed by atoms with Crippen molar-refractivity contribution < 1.29 is 9.13 Å². The van der Waals surface area contributed by atoms with Gasteiger partial charge in [0.2, 0.25) is 0 Å². The Kier molecular flexibility index (Phi) is 5.35. The van der Waals surface area contributed by atoms with Crippen LogP contribution in [0, 0.1) is 5.82 Å². The highest BCUT2D eigenvalue weighted by atomic mass is 19.1. The highest BCUT2D eigenvalue weighted by Gasteiger charge is 2.27. The van der Waals surface area contributed by atoms with Gasteiger partial charge in [-0.3, -0.25) is 18.4 Å². The first kappa shape index (κ1) is 23.8. The zero-order valence-electron chi connectivity index (χ0n) is 21.9. The first-order valence-electron chi connectivity index (χ1n) is 11.9. The fourth-order valence-corrected chi connectivity index (χ4v) is 4.71. The molecule has 3 heterocycles. The van der Waals surface area contributed by atoms with Gasteiger partial charge in [0.25, 0.3) is 0 Å². The zero-order chi connectivity index (χ0) is 26.1. The minimum atomic E-state index is -0.357. The predicted molar refractivity (Wildman–Crippen MR) is 139 cm³/mol. The minimum Gasteiger partial charge on any atom is -0.489 e. The van der Waals surface area contributed by atoms with Crippen LogP contribution in [0.5, 0.6) is 5.75 Å².